The number of hydrogen-bond donors (Lipinski definition) is 1. The van der Waals surface area contributed by atoms with Crippen LogP contribution in [0.25, 0.3) is 0 Å². The number of piperidine rings is 1. The van der Waals surface area contributed by atoms with E-state index in [1.54, 1.807) is 0 Å². The summed E-state index contributed by atoms with van der Waals surface area (Å²) in [5.41, 5.74) is 0. The van der Waals surface area contributed by atoms with E-state index in [-0.39, 0.29) is 12.4 Å². The molecule has 1 nitrogen and oxygen atoms in total. The lowest BCUT2D eigenvalue weighted by Crippen LogP contribution is -2.28. The first kappa shape index (κ1) is 8.99. The first-order valence-corrected chi connectivity index (χ1v) is 3.27. The maximum atomic E-state index is 3.74. The predicted molar refractivity (Wildman–Crippen MR) is 43.0 cm³/mol. The minimum absolute atomic E-state index is 0. The van der Waals surface area contributed by atoms with Gasteiger partial charge in [0.2, 0.25) is 0 Å². The Morgan fingerprint density at radius 3 is 2.67 bits per heavy atom. The van der Waals surface area contributed by atoms with Gasteiger partial charge < -0.3 is 5.32 Å². The molecule has 0 bridgehead atoms. The second kappa shape index (κ2) is 4.83. The van der Waals surface area contributed by atoms with Crippen LogP contribution in [0.2, 0.25) is 0 Å². The van der Waals surface area contributed by atoms with Crippen molar-refractivity contribution in [3.8, 4) is 0 Å². The zero-order valence-corrected chi connectivity index (χ0v) is 6.41. The minimum Gasteiger partial charge on any atom is -0.316 e. The summed E-state index contributed by atoms with van der Waals surface area (Å²) in [7, 11) is 0. The van der Waals surface area contributed by atoms with Crippen LogP contribution in [0, 0.1) is 5.92 Å². The van der Waals surface area contributed by atoms with Gasteiger partial charge in [-0.15, -0.1) is 19.0 Å². The molecule has 0 aromatic carbocycles. The first-order valence-electron chi connectivity index (χ1n) is 3.27. The van der Waals surface area contributed by atoms with Crippen molar-refractivity contribution in [3.05, 3.63) is 12.7 Å². The highest BCUT2D eigenvalue weighted by molar-refractivity contribution is 5.85. The van der Waals surface area contributed by atoms with E-state index in [2.05, 4.69) is 11.9 Å². The third-order valence-electron chi connectivity index (χ3n) is 1.67. The molecule has 0 aromatic heterocycles. The fraction of sp³-hybridized carbons (Fsp3) is 0.714. The van der Waals surface area contributed by atoms with Gasteiger partial charge in [0.25, 0.3) is 0 Å². The van der Waals surface area contributed by atoms with Crippen molar-refractivity contribution in [2.24, 2.45) is 5.92 Å². The molecular weight excluding hydrogens is 134 g/mol. The van der Waals surface area contributed by atoms with Gasteiger partial charge in [-0.3, -0.25) is 0 Å². The number of rotatable bonds is 1. The zero-order chi connectivity index (χ0) is 5.82. The van der Waals surface area contributed by atoms with Crippen molar-refractivity contribution < 1.29 is 0 Å². The standard InChI is InChI=1S/C7H13N.ClH/c1-2-7-4-3-5-8-6-7;/h2,7-8H,1,3-6H2;1H/t7-;/m0./s1. The summed E-state index contributed by atoms with van der Waals surface area (Å²) in [5, 5.41) is 3.31. The molecule has 1 N–H and O–H groups in total. The topological polar surface area (TPSA) is 12.0 Å². The van der Waals surface area contributed by atoms with Gasteiger partial charge >= 0.3 is 0 Å². The van der Waals surface area contributed by atoms with E-state index in [4.69, 9.17) is 0 Å². The van der Waals surface area contributed by atoms with E-state index in [1.807, 2.05) is 6.08 Å². The molecule has 0 amide bonds. The summed E-state index contributed by atoms with van der Waals surface area (Å²) in [4.78, 5) is 0. The lowest BCUT2D eigenvalue weighted by molar-refractivity contribution is 0.439. The molecule has 1 aliphatic rings. The summed E-state index contributed by atoms with van der Waals surface area (Å²) in [5.74, 6) is 0.740. The Balaban J connectivity index is 0.000000640. The summed E-state index contributed by atoms with van der Waals surface area (Å²) in [6.07, 6.45) is 4.69. The van der Waals surface area contributed by atoms with Gasteiger partial charge in [-0.1, -0.05) is 6.08 Å². The minimum atomic E-state index is 0. The van der Waals surface area contributed by atoms with Gasteiger partial charge in [-0.05, 0) is 25.3 Å². The van der Waals surface area contributed by atoms with E-state index in [0.717, 1.165) is 12.5 Å². The average Bonchev–Trinajstić information content (AvgIpc) is 1.90. The van der Waals surface area contributed by atoms with Gasteiger partial charge in [0.05, 0.1) is 0 Å². The Labute approximate surface area is 62.9 Å². The van der Waals surface area contributed by atoms with Gasteiger partial charge in [0.15, 0.2) is 0 Å². The molecule has 0 aliphatic carbocycles. The van der Waals surface area contributed by atoms with Gasteiger partial charge in [-0.2, -0.15) is 0 Å². The summed E-state index contributed by atoms with van der Waals surface area (Å²) in [6, 6.07) is 0. The predicted octanol–water partition coefficient (Wildman–Crippen LogP) is 1.59. The first-order chi connectivity index (χ1) is 3.93. The van der Waals surface area contributed by atoms with Crippen LogP contribution in [-0.2, 0) is 0 Å². The maximum Gasteiger partial charge on any atom is 0.00141 e. The Bertz CT molecular complexity index is 77.0. The monoisotopic (exact) mass is 147 g/mol. The molecule has 0 aromatic rings. The smallest absolute Gasteiger partial charge is 0.00141 e. The van der Waals surface area contributed by atoms with Crippen LogP contribution in [0.5, 0.6) is 0 Å². The van der Waals surface area contributed by atoms with Gasteiger partial charge in [0.1, 0.15) is 0 Å². The Morgan fingerprint density at radius 2 is 2.33 bits per heavy atom. The molecule has 9 heavy (non-hydrogen) atoms. The lowest BCUT2D eigenvalue weighted by atomic mass is 10.0. The third kappa shape index (κ3) is 2.87. The molecule has 1 fully saturated rings. The highest BCUT2D eigenvalue weighted by Gasteiger charge is 2.06. The van der Waals surface area contributed by atoms with Crippen LogP contribution in [0.1, 0.15) is 12.8 Å². The van der Waals surface area contributed by atoms with Crippen molar-refractivity contribution in [3.63, 3.8) is 0 Å². The number of halogens is 1. The number of hydrogen-bond acceptors (Lipinski definition) is 1. The van der Waals surface area contributed by atoms with E-state index in [0.29, 0.717) is 0 Å². The van der Waals surface area contributed by atoms with E-state index in [1.165, 1.54) is 19.4 Å². The molecule has 1 aliphatic heterocycles. The van der Waals surface area contributed by atoms with Crippen molar-refractivity contribution in [1.29, 1.82) is 0 Å². The van der Waals surface area contributed by atoms with E-state index >= 15 is 0 Å². The summed E-state index contributed by atoms with van der Waals surface area (Å²) < 4.78 is 0. The largest absolute Gasteiger partial charge is 0.316 e. The molecule has 1 saturated heterocycles. The zero-order valence-electron chi connectivity index (χ0n) is 5.60. The highest BCUT2D eigenvalue weighted by Crippen LogP contribution is 2.09. The van der Waals surface area contributed by atoms with Crippen LogP contribution in [0.4, 0.5) is 0 Å². The van der Waals surface area contributed by atoms with Crippen LogP contribution in [0.15, 0.2) is 12.7 Å². The summed E-state index contributed by atoms with van der Waals surface area (Å²) >= 11 is 0. The molecule has 0 radical (unpaired) electrons. The fourth-order valence-electron chi connectivity index (χ4n) is 1.08. The van der Waals surface area contributed by atoms with Crippen molar-refractivity contribution in [1.82, 2.24) is 5.32 Å². The molecule has 1 atom stereocenters. The summed E-state index contributed by atoms with van der Waals surface area (Å²) in [6.45, 7) is 6.09. The second-order valence-electron chi connectivity index (χ2n) is 2.34. The van der Waals surface area contributed by atoms with E-state index < -0.39 is 0 Å². The van der Waals surface area contributed by atoms with Crippen LogP contribution < -0.4 is 5.32 Å². The fourth-order valence-corrected chi connectivity index (χ4v) is 1.08. The molecule has 2 heteroatoms. The van der Waals surface area contributed by atoms with Gasteiger partial charge in [-0.25, -0.2) is 0 Å². The Hall–Kier alpha value is -0.0100. The van der Waals surface area contributed by atoms with E-state index in [9.17, 15) is 0 Å². The molecule has 0 unspecified atom stereocenters. The third-order valence-corrected chi connectivity index (χ3v) is 1.67. The maximum absolute atomic E-state index is 3.74. The molecule has 1 heterocycles. The van der Waals surface area contributed by atoms with Crippen LogP contribution in [0.3, 0.4) is 0 Å². The van der Waals surface area contributed by atoms with Crippen LogP contribution >= 0.6 is 12.4 Å². The molecular formula is C7H14ClN. The van der Waals surface area contributed by atoms with Gasteiger partial charge in [0, 0.05) is 6.54 Å². The average molecular weight is 148 g/mol. The quantitative estimate of drug-likeness (QED) is 0.556. The molecule has 0 saturated carbocycles. The van der Waals surface area contributed by atoms with Crippen molar-refractivity contribution in [2.45, 2.75) is 12.8 Å². The Kier molecular flexibility index (Phi) is 4.83. The van der Waals surface area contributed by atoms with Crippen molar-refractivity contribution in [2.75, 3.05) is 13.1 Å². The highest BCUT2D eigenvalue weighted by atomic mass is 35.5. The second-order valence-corrected chi connectivity index (χ2v) is 2.34. The molecule has 54 valence electrons. The molecule has 1 rings (SSSR count). The van der Waals surface area contributed by atoms with Crippen molar-refractivity contribution >= 4 is 12.4 Å². The van der Waals surface area contributed by atoms with Crippen LogP contribution in [-0.4, -0.2) is 13.1 Å². The normalized spacial score (nSPS) is 26.4. The SMILES string of the molecule is C=C[C@H]1CCCNC1.Cl. The lowest BCUT2D eigenvalue weighted by Gasteiger charge is -2.18. The number of nitrogens with one attached hydrogen (secondary N) is 1. The molecule has 0 spiro atoms. The Morgan fingerprint density at radius 1 is 1.56 bits per heavy atom.